The SMILES string of the molecule is COCC(C)N(CC(=O)N(CCC(=O)O)CC(=O)N(CC(=O)N(CCC(=O)O)CC(=O)N(CC(=O)N(CC(C)=O)C(C)c1ccccc1)C(C)COC)C(C)c1ccccc1)C(=O)CN(C(=O)CN(C(=O)CN(C(=O)CN(CCN)C(=O)CN(C(=O)CN(C(=O)CSC)C(C)c1ccccc1)C(C)c1ccccc1)C(C)c1ccccc1)C(C)c1ccccc1)C(C)c1ccccc1. The lowest BCUT2D eigenvalue weighted by molar-refractivity contribution is -0.153. The third-order valence-electron chi connectivity index (χ3n) is 23.7. The number of ketones is 1. The van der Waals surface area contributed by atoms with Crippen LogP contribution < -0.4 is 5.73 Å². The largest absolute Gasteiger partial charge is 0.481 e. The van der Waals surface area contributed by atoms with E-state index >= 15 is 43.2 Å². The van der Waals surface area contributed by atoms with Crippen LogP contribution in [0.2, 0.25) is 0 Å². The second-order valence-corrected chi connectivity index (χ2v) is 33.9. The number of thioether (sulfide) groups is 1. The van der Waals surface area contributed by atoms with Crippen molar-refractivity contribution in [3.63, 3.8) is 0 Å². The van der Waals surface area contributed by atoms with Crippen LogP contribution in [-0.4, -0.2) is 314 Å². The molecule has 9 unspecified atom stereocenters. The normalized spacial score (nSPS) is 13.1. The molecular weight excluding hydrogens is 1720 g/mol. The minimum atomic E-state index is -1.38. The number of ether oxygens (including phenoxy) is 2. The molecule has 0 aliphatic rings. The molecule has 9 atom stereocenters. The Morgan fingerprint density at radius 3 is 0.684 bits per heavy atom. The molecule has 0 bridgehead atoms. The summed E-state index contributed by atoms with van der Waals surface area (Å²) >= 11 is 1.30. The third-order valence-corrected chi connectivity index (χ3v) is 24.3. The van der Waals surface area contributed by atoms with E-state index in [2.05, 4.69) is 0 Å². The first-order chi connectivity index (χ1) is 63.5. The van der Waals surface area contributed by atoms with Crippen LogP contribution in [0.4, 0.5) is 0 Å². The van der Waals surface area contributed by atoms with Crippen LogP contribution >= 0.6 is 11.8 Å². The maximum absolute atomic E-state index is 16.0. The lowest BCUT2D eigenvalue weighted by Crippen LogP contribution is -2.55. The van der Waals surface area contributed by atoms with Crippen LogP contribution in [0.3, 0.4) is 0 Å². The van der Waals surface area contributed by atoms with Crippen molar-refractivity contribution in [1.29, 1.82) is 0 Å². The highest BCUT2D eigenvalue weighted by atomic mass is 32.2. The van der Waals surface area contributed by atoms with Crippen molar-refractivity contribution in [2.75, 3.05) is 144 Å². The Morgan fingerprint density at radius 1 is 0.278 bits per heavy atom. The molecule has 0 aliphatic heterocycles. The summed E-state index contributed by atoms with van der Waals surface area (Å²) in [6, 6.07) is 54.3. The highest BCUT2D eigenvalue weighted by Crippen LogP contribution is 2.31. The molecule has 0 aliphatic carbocycles. The van der Waals surface area contributed by atoms with E-state index < -0.39 is 229 Å². The van der Waals surface area contributed by atoms with E-state index in [4.69, 9.17) is 15.2 Å². The van der Waals surface area contributed by atoms with Crippen LogP contribution in [0.15, 0.2) is 212 Å². The molecule has 0 saturated carbocycles. The number of carboxylic acids is 2. The molecule has 133 heavy (non-hydrogen) atoms. The standard InChI is InChI=1S/C100H129N13O19S/c1-70(67-131-11)105(59-87(115)103(53-50-100(129)130)57-91(119)108(74(5)81-37-23-15-24-38-81)60-88(116)102(52-49-99(127)128)56-90(118)106(71(2)68-132-12)62-94(122)107(55-72(3)114)73(4)80-35-21-14-22-36-80)93(121)63-111(77(8)84-43-29-18-30-44-84)96(124)65-112(78(9)85-45-31-19-32-46-85)95(123)64-110(76(7)83-41-27-17-28-42-83)92(120)58-104(54-51-101)89(117)61-109(75(6)82-39-25-16-26-40-82)97(125)66-113(98(126)69-133-13)79(10)86-47-33-20-34-48-86/h14-48,70-71,73-79H,49-69,101H2,1-13H3,(H,127,128)(H,129,130). The molecule has 7 aromatic rings. The number of hydrogen-bond acceptors (Lipinski definition) is 19. The van der Waals surface area contributed by atoms with Gasteiger partial charge in [-0.1, -0.05) is 212 Å². The summed E-state index contributed by atoms with van der Waals surface area (Å²) in [5.41, 5.74) is 10.6. The van der Waals surface area contributed by atoms with Gasteiger partial charge >= 0.3 is 11.9 Å². The van der Waals surface area contributed by atoms with E-state index in [1.807, 2.05) is 55.5 Å². The van der Waals surface area contributed by atoms with Crippen molar-refractivity contribution in [2.24, 2.45) is 5.73 Å². The number of carbonyl (C=O) groups excluding carboxylic acids is 13. The summed E-state index contributed by atoms with van der Waals surface area (Å²) in [6.07, 6.45) is 0.369. The first-order valence-corrected chi connectivity index (χ1v) is 45.9. The molecule has 7 rings (SSSR count). The van der Waals surface area contributed by atoms with Gasteiger partial charge in [-0.05, 0) is 114 Å². The lowest BCUT2D eigenvalue weighted by atomic mass is 10.0. The van der Waals surface area contributed by atoms with E-state index in [-0.39, 0.29) is 50.3 Å². The van der Waals surface area contributed by atoms with Gasteiger partial charge in [0.1, 0.15) is 58.1 Å². The summed E-state index contributed by atoms with van der Waals surface area (Å²) in [5.74, 6) is -11.9. The summed E-state index contributed by atoms with van der Waals surface area (Å²) in [4.78, 5) is 235. The van der Waals surface area contributed by atoms with E-state index in [9.17, 15) is 39.0 Å². The van der Waals surface area contributed by atoms with Gasteiger partial charge in [-0.25, -0.2) is 0 Å². The number of hydrogen-bond donors (Lipinski definition) is 3. The van der Waals surface area contributed by atoms with Gasteiger partial charge in [0.15, 0.2) is 0 Å². The number of aliphatic carboxylic acids is 2. The van der Waals surface area contributed by atoms with Crippen LogP contribution in [0.5, 0.6) is 0 Å². The van der Waals surface area contributed by atoms with E-state index in [1.165, 1.54) is 67.2 Å². The molecular formula is C100H129N13O19S. The molecule has 4 N–H and O–H groups in total. The molecule has 0 aromatic heterocycles. The van der Waals surface area contributed by atoms with Gasteiger partial charge in [0.2, 0.25) is 70.9 Å². The highest BCUT2D eigenvalue weighted by molar-refractivity contribution is 7.99. The number of carbonyl (C=O) groups is 15. The Kier molecular flexibility index (Phi) is 43.6. The van der Waals surface area contributed by atoms with Crippen LogP contribution in [0.25, 0.3) is 0 Å². The fraction of sp³-hybridized carbons (Fsp3) is 0.430. The molecule has 7 aromatic carbocycles. The second-order valence-electron chi connectivity index (χ2n) is 33.1. The number of methoxy groups -OCH3 is 2. The Balaban J connectivity index is 1.21. The zero-order valence-corrected chi connectivity index (χ0v) is 79.3. The summed E-state index contributed by atoms with van der Waals surface area (Å²) in [5, 5.41) is 20.3. The quantitative estimate of drug-likeness (QED) is 0.0319. The number of amides is 12. The van der Waals surface area contributed by atoms with E-state index in [0.717, 1.165) is 30.1 Å². The first kappa shape index (κ1) is 107. The van der Waals surface area contributed by atoms with Gasteiger partial charge < -0.3 is 84.2 Å². The number of carboxylic acid groups (broad SMARTS) is 2. The maximum Gasteiger partial charge on any atom is 0.305 e. The summed E-state index contributed by atoms with van der Waals surface area (Å²) in [6.45, 7) is 6.46. The third kappa shape index (κ3) is 32.2. The number of nitrogens with two attached hydrogens (primary N) is 1. The summed E-state index contributed by atoms with van der Waals surface area (Å²) < 4.78 is 11.0. The van der Waals surface area contributed by atoms with E-state index in [1.54, 1.807) is 225 Å². The molecule has 12 amide bonds. The van der Waals surface area contributed by atoms with Gasteiger partial charge in [0.25, 0.3) is 0 Å². The predicted molar refractivity (Wildman–Crippen MR) is 504 cm³/mol. The number of nitrogens with zero attached hydrogens (tertiary/aromatic N) is 12. The van der Waals surface area contributed by atoms with Crippen molar-refractivity contribution in [2.45, 2.75) is 136 Å². The number of benzene rings is 7. The fourth-order valence-corrected chi connectivity index (χ4v) is 16.1. The number of Topliss-reactive ketones (excluding diaryl/α,β-unsaturated/α-hetero) is 1. The Morgan fingerprint density at radius 2 is 0.466 bits per heavy atom. The molecule has 32 nitrogen and oxygen atoms in total. The van der Waals surface area contributed by atoms with E-state index in [0.29, 0.717) is 33.4 Å². The molecule has 0 fully saturated rings. The van der Waals surface area contributed by atoms with Crippen LogP contribution in [-0.2, 0) is 81.4 Å². The van der Waals surface area contributed by atoms with Crippen LogP contribution in [0, 0.1) is 0 Å². The van der Waals surface area contributed by atoms with Gasteiger partial charge in [-0.2, -0.15) is 11.8 Å². The zero-order chi connectivity index (χ0) is 97.5. The smallest absolute Gasteiger partial charge is 0.305 e. The molecule has 714 valence electrons. The average molecular weight is 1850 g/mol. The van der Waals surface area contributed by atoms with Crippen molar-refractivity contribution in [3.05, 3.63) is 251 Å². The van der Waals surface area contributed by atoms with Gasteiger partial charge in [0, 0.05) is 40.4 Å². The highest BCUT2D eigenvalue weighted by Gasteiger charge is 2.40. The summed E-state index contributed by atoms with van der Waals surface area (Å²) in [7, 11) is 2.73. The minimum Gasteiger partial charge on any atom is -0.481 e. The predicted octanol–water partition coefficient (Wildman–Crippen LogP) is 9.19. The Hall–Kier alpha value is -13.0. The first-order valence-electron chi connectivity index (χ1n) is 44.5. The van der Waals surface area contributed by atoms with Crippen molar-refractivity contribution >= 4 is 100 Å². The molecule has 0 saturated heterocycles. The van der Waals surface area contributed by atoms with Gasteiger partial charge in [-0.15, -0.1) is 0 Å². The number of rotatable bonds is 54. The van der Waals surface area contributed by atoms with Crippen molar-refractivity contribution in [3.8, 4) is 0 Å². The zero-order valence-electron chi connectivity index (χ0n) is 78.4. The average Bonchev–Trinajstić information content (AvgIpc) is 0.807. The topological polar surface area (TPSA) is 380 Å². The maximum atomic E-state index is 16.0. The second kappa shape index (κ2) is 54.1. The van der Waals surface area contributed by atoms with Gasteiger partial charge in [-0.3, -0.25) is 71.9 Å². The molecule has 0 heterocycles. The van der Waals surface area contributed by atoms with Crippen LogP contribution in [0.1, 0.15) is 163 Å². The molecule has 0 radical (unpaired) electrons. The van der Waals surface area contributed by atoms with Crippen molar-refractivity contribution in [1.82, 2.24) is 58.8 Å². The minimum absolute atomic E-state index is 0.0737. The Bertz CT molecular complexity index is 4980. The Labute approximate surface area is 784 Å². The van der Waals surface area contributed by atoms with Gasteiger partial charge in [0.05, 0.1) is 112 Å². The monoisotopic (exact) mass is 1850 g/mol. The fourth-order valence-electron chi connectivity index (χ4n) is 15.7. The van der Waals surface area contributed by atoms with Crippen molar-refractivity contribution < 1.29 is 91.6 Å². The lowest BCUT2D eigenvalue weighted by Gasteiger charge is -2.38. The molecule has 33 heteroatoms. The molecule has 0 spiro atoms.